The van der Waals surface area contributed by atoms with Crippen LogP contribution in [0.5, 0.6) is 0 Å². The molecule has 0 bridgehead atoms. The Kier molecular flexibility index (Phi) is 8.32. The molecule has 0 saturated heterocycles. The molecule has 35 heavy (non-hydrogen) atoms. The zero-order valence-corrected chi connectivity index (χ0v) is 21.2. The van der Waals surface area contributed by atoms with Crippen molar-refractivity contribution in [2.24, 2.45) is 5.92 Å². The Labute approximate surface area is 211 Å². The number of benzene rings is 3. The highest BCUT2D eigenvalue weighted by atomic mass is 32.1. The minimum atomic E-state index is -0.0970. The van der Waals surface area contributed by atoms with Gasteiger partial charge in [-0.3, -0.25) is 9.59 Å². The first kappa shape index (κ1) is 24.7. The molecule has 0 N–H and O–H groups in total. The van der Waals surface area contributed by atoms with E-state index in [-0.39, 0.29) is 18.4 Å². The third-order valence-corrected chi connectivity index (χ3v) is 7.20. The summed E-state index contributed by atoms with van der Waals surface area (Å²) in [5.41, 5.74) is 1.69. The standard InChI is InChI=1S/C30H32N2O2S/c1-3-23(2)19-32(30(34)27-16-15-25-12-7-8-13-26(25)18-27)22-29(33)31(21-28-14-9-17-35-28)20-24-10-5-4-6-11-24/h4-18,23H,3,19-22H2,1-2H3. The predicted octanol–water partition coefficient (Wildman–Crippen LogP) is 6.62. The van der Waals surface area contributed by atoms with Gasteiger partial charge in [0, 0.05) is 23.5 Å². The number of amides is 2. The maximum absolute atomic E-state index is 13.6. The van der Waals surface area contributed by atoms with Gasteiger partial charge in [0.15, 0.2) is 0 Å². The number of nitrogens with zero attached hydrogens (tertiary/aromatic N) is 2. The summed E-state index contributed by atoms with van der Waals surface area (Å²) < 4.78 is 0. The van der Waals surface area contributed by atoms with Crippen LogP contribution < -0.4 is 0 Å². The SMILES string of the molecule is CCC(C)CN(CC(=O)N(Cc1ccccc1)Cc1cccs1)C(=O)c1ccc2ccccc2c1. The van der Waals surface area contributed by atoms with Crippen molar-refractivity contribution in [2.45, 2.75) is 33.4 Å². The van der Waals surface area contributed by atoms with Crippen molar-refractivity contribution in [1.29, 1.82) is 0 Å². The lowest BCUT2D eigenvalue weighted by atomic mass is 10.0. The Bertz CT molecular complexity index is 1250. The number of carbonyl (C=O) groups excluding carboxylic acids is 2. The minimum absolute atomic E-state index is 0.0419. The number of hydrogen-bond donors (Lipinski definition) is 0. The maximum Gasteiger partial charge on any atom is 0.254 e. The summed E-state index contributed by atoms with van der Waals surface area (Å²) in [7, 11) is 0. The van der Waals surface area contributed by atoms with Crippen molar-refractivity contribution >= 4 is 33.9 Å². The molecular weight excluding hydrogens is 452 g/mol. The van der Waals surface area contributed by atoms with Gasteiger partial charge >= 0.3 is 0 Å². The number of hydrogen-bond acceptors (Lipinski definition) is 3. The second kappa shape index (κ2) is 11.8. The van der Waals surface area contributed by atoms with Crippen molar-refractivity contribution in [2.75, 3.05) is 13.1 Å². The Hall–Kier alpha value is -3.44. The first-order valence-corrected chi connectivity index (χ1v) is 13.0. The van der Waals surface area contributed by atoms with Gasteiger partial charge in [-0.1, -0.05) is 87.0 Å². The van der Waals surface area contributed by atoms with Gasteiger partial charge in [-0.05, 0) is 45.8 Å². The number of rotatable bonds is 10. The summed E-state index contributed by atoms with van der Waals surface area (Å²) in [5, 5.41) is 4.15. The molecule has 3 aromatic carbocycles. The lowest BCUT2D eigenvalue weighted by Crippen LogP contribution is -2.44. The van der Waals surface area contributed by atoms with E-state index < -0.39 is 0 Å². The van der Waals surface area contributed by atoms with Gasteiger partial charge in [0.2, 0.25) is 5.91 Å². The summed E-state index contributed by atoms with van der Waals surface area (Å²) in [6, 6.07) is 27.9. The van der Waals surface area contributed by atoms with Crippen LogP contribution in [0, 0.1) is 5.92 Å². The Balaban J connectivity index is 1.57. The second-order valence-corrected chi connectivity index (χ2v) is 10.1. The van der Waals surface area contributed by atoms with Gasteiger partial charge < -0.3 is 9.80 Å². The van der Waals surface area contributed by atoms with Crippen LogP contribution in [0.15, 0.2) is 90.3 Å². The van der Waals surface area contributed by atoms with E-state index in [1.807, 2.05) is 95.2 Å². The predicted molar refractivity (Wildman–Crippen MR) is 144 cm³/mol. The average molecular weight is 485 g/mol. The van der Waals surface area contributed by atoms with Crippen molar-refractivity contribution < 1.29 is 9.59 Å². The molecule has 0 saturated carbocycles. The van der Waals surface area contributed by atoms with Gasteiger partial charge in [-0.15, -0.1) is 11.3 Å². The fraction of sp³-hybridized carbons (Fsp3) is 0.267. The summed E-state index contributed by atoms with van der Waals surface area (Å²) in [5.74, 6) is 0.159. The van der Waals surface area contributed by atoms with E-state index in [1.165, 1.54) is 0 Å². The molecule has 4 rings (SSSR count). The average Bonchev–Trinajstić information content (AvgIpc) is 3.41. The number of fused-ring (bicyclic) bond motifs is 1. The fourth-order valence-corrected chi connectivity index (χ4v) is 4.84. The van der Waals surface area contributed by atoms with Crippen LogP contribution in [0.1, 0.15) is 41.1 Å². The monoisotopic (exact) mass is 484 g/mol. The van der Waals surface area contributed by atoms with Crippen LogP contribution in [0.2, 0.25) is 0 Å². The zero-order valence-electron chi connectivity index (χ0n) is 20.4. The molecule has 4 aromatic rings. The fourth-order valence-electron chi connectivity index (χ4n) is 4.12. The van der Waals surface area contributed by atoms with Crippen molar-refractivity contribution in [3.8, 4) is 0 Å². The van der Waals surface area contributed by atoms with E-state index >= 15 is 0 Å². The topological polar surface area (TPSA) is 40.6 Å². The third kappa shape index (κ3) is 6.58. The summed E-state index contributed by atoms with van der Waals surface area (Å²) in [6.07, 6.45) is 0.943. The first-order valence-electron chi connectivity index (χ1n) is 12.2. The maximum atomic E-state index is 13.6. The quantitative estimate of drug-likeness (QED) is 0.254. The molecule has 5 heteroatoms. The molecule has 0 aliphatic carbocycles. The van der Waals surface area contributed by atoms with Gasteiger partial charge in [0.1, 0.15) is 6.54 Å². The smallest absolute Gasteiger partial charge is 0.254 e. The van der Waals surface area contributed by atoms with Gasteiger partial charge in [0.25, 0.3) is 5.91 Å². The van der Waals surface area contributed by atoms with Gasteiger partial charge in [-0.2, -0.15) is 0 Å². The van der Waals surface area contributed by atoms with Crippen LogP contribution in [0.3, 0.4) is 0 Å². The molecule has 1 unspecified atom stereocenters. The van der Waals surface area contributed by atoms with Crippen LogP contribution in [0.4, 0.5) is 0 Å². The second-order valence-electron chi connectivity index (χ2n) is 9.08. The lowest BCUT2D eigenvalue weighted by Gasteiger charge is -2.29. The molecule has 0 aliphatic rings. The Morgan fingerprint density at radius 2 is 1.57 bits per heavy atom. The highest BCUT2D eigenvalue weighted by molar-refractivity contribution is 7.09. The van der Waals surface area contributed by atoms with Crippen LogP contribution in [-0.2, 0) is 17.9 Å². The van der Waals surface area contributed by atoms with Crippen LogP contribution in [-0.4, -0.2) is 34.7 Å². The van der Waals surface area contributed by atoms with Crippen LogP contribution in [0.25, 0.3) is 10.8 Å². The molecule has 180 valence electrons. The van der Waals surface area contributed by atoms with E-state index in [9.17, 15) is 9.59 Å². The Morgan fingerprint density at radius 3 is 2.29 bits per heavy atom. The normalized spacial score (nSPS) is 11.8. The van der Waals surface area contributed by atoms with Crippen molar-refractivity contribution in [3.63, 3.8) is 0 Å². The third-order valence-electron chi connectivity index (χ3n) is 6.33. The summed E-state index contributed by atoms with van der Waals surface area (Å²) in [6.45, 7) is 5.90. The lowest BCUT2D eigenvalue weighted by molar-refractivity contribution is -0.133. The van der Waals surface area contributed by atoms with Crippen LogP contribution >= 0.6 is 11.3 Å². The van der Waals surface area contributed by atoms with Gasteiger partial charge in [0.05, 0.1) is 6.54 Å². The van der Waals surface area contributed by atoms with Gasteiger partial charge in [-0.25, -0.2) is 0 Å². The van der Waals surface area contributed by atoms with E-state index in [1.54, 1.807) is 16.2 Å². The zero-order chi connectivity index (χ0) is 24.6. The number of thiophene rings is 1. The highest BCUT2D eigenvalue weighted by Crippen LogP contribution is 2.19. The number of carbonyl (C=O) groups is 2. The van der Waals surface area contributed by atoms with E-state index in [0.717, 1.165) is 27.6 Å². The van der Waals surface area contributed by atoms with Crippen molar-refractivity contribution in [1.82, 2.24) is 9.80 Å². The minimum Gasteiger partial charge on any atom is -0.332 e. The first-order chi connectivity index (χ1) is 17.0. The van der Waals surface area contributed by atoms with E-state index in [2.05, 4.69) is 13.8 Å². The summed E-state index contributed by atoms with van der Waals surface area (Å²) >= 11 is 1.64. The molecule has 0 aliphatic heterocycles. The molecular formula is C30H32N2O2S. The van der Waals surface area contributed by atoms with Crippen molar-refractivity contribution in [3.05, 3.63) is 106 Å². The molecule has 0 fully saturated rings. The Morgan fingerprint density at radius 1 is 0.829 bits per heavy atom. The summed E-state index contributed by atoms with van der Waals surface area (Å²) in [4.78, 5) is 32.0. The molecule has 1 aromatic heterocycles. The largest absolute Gasteiger partial charge is 0.332 e. The molecule has 1 atom stereocenters. The molecule has 4 nitrogen and oxygen atoms in total. The molecule has 1 heterocycles. The van der Waals surface area contributed by atoms with E-state index in [0.29, 0.717) is 31.1 Å². The molecule has 0 radical (unpaired) electrons. The highest BCUT2D eigenvalue weighted by Gasteiger charge is 2.24. The molecule has 0 spiro atoms. The van der Waals surface area contributed by atoms with E-state index in [4.69, 9.17) is 0 Å². The molecule has 2 amide bonds.